The van der Waals surface area contributed by atoms with E-state index in [0.717, 1.165) is 18.4 Å². The van der Waals surface area contributed by atoms with Gasteiger partial charge in [0.1, 0.15) is 5.84 Å². The maximum Gasteiger partial charge on any atom is 0.247 e. The Bertz CT molecular complexity index is 839. The summed E-state index contributed by atoms with van der Waals surface area (Å²) in [4.78, 5) is 33.1. The van der Waals surface area contributed by atoms with Crippen molar-refractivity contribution in [2.75, 3.05) is 5.32 Å². The third-order valence-electron chi connectivity index (χ3n) is 4.65. The number of amidine groups is 1. The second-order valence-corrected chi connectivity index (χ2v) is 7.71. The van der Waals surface area contributed by atoms with Gasteiger partial charge < -0.3 is 11.1 Å². The number of rotatable bonds is 6. The molecule has 1 fully saturated rings. The average Bonchev–Trinajstić information content (AvgIpc) is 3.32. The van der Waals surface area contributed by atoms with Crippen molar-refractivity contribution in [2.45, 2.75) is 45.4 Å². The van der Waals surface area contributed by atoms with E-state index in [4.69, 9.17) is 5.73 Å². The van der Waals surface area contributed by atoms with Gasteiger partial charge in [-0.3, -0.25) is 9.59 Å². The fraction of sp³-hybridized carbons (Fsp3) is 0.400. The van der Waals surface area contributed by atoms with Crippen molar-refractivity contribution < 1.29 is 9.59 Å². The molecular formula is C20H24N4O2S. The number of aliphatic imine (C=N–C) groups is 1. The third kappa shape index (κ3) is 5.01. The Morgan fingerprint density at radius 3 is 2.63 bits per heavy atom. The molecule has 1 aromatic carbocycles. The molecule has 0 unspecified atom stereocenters. The number of nitrogens with zero attached hydrogens (tertiary/aromatic N) is 2. The van der Waals surface area contributed by atoms with Crippen LogP contribution in [0.1, 0.15) is 50.3 Å². The van der Waals surface area contributed by atoms with E-state index in [1.165, 1.54) is 24.2 Å². The van der Waals surface area contributed by atoms with Crippen LogP contribution in [-0.2, 0) is 9.59 Å². The van der Waals surface area contributed by atoms with Crippen molar-refractivity contribution >= 4 is 34.1 Å². The highest BCUT2D eigenvalue weighted by molar-refractivity contribution is 7.18. The molecule has 7 heteroatoms. The topological polar surface area (TPSA) is 97.4 Å². The van der Waals surface area contributed by atoms with Crippen molar-refractivity contribution in [3.63, 3.8) is 0 Å². The molecule has 0 spiro atoms. The van der Waals surface area contributed by atoms with Crippen LogP contribution in [-0.4, -0.2) is 22.6 Å². The number of hydrogen-bond acceptors (Lipinski definition) is 4. The minimum absolute atomic E-state index is 0.0260. The van der Waals surface area contributed by atoms with Crippen LogP contribution in [0.5, 0.6) is 0 Å². The van der Waals surface area contributed by atoms with E-state index in [0.29, 0.717) is 28.0 Å². The zero-order valence-electron chi connectivity index (χ0n) is 15.4. The minimum atomic E-state index is -0.285. The van der Waals surface area contributed by atoms with Gasteiger partial charge in [-0.25, -0.2) is 4.98 Å². The van der Waals surface area contributed by atoms with Crippen LogP contribution in [0.25, 0.3) is 11.3 Å². The molecule has 2 aromatic rings. The van der Waals surface area contributed by atoms with Gasteiger partial charge in [0.15, 0.2) is 5.13 Å². The molecule has 1 saturated carbocycles. The summed E-state index contributed by atoms with van der Waals surface area (Å²) in [6.07, 6.45) is 5.44. The molecule has 6 nitrogen and oxygen atoms in total. The molecule has 1 aromatic heterocycles. The first-order valence-corrected chi connectivity index (χ1v) is 10.1. The summed E-state index contributed by atoms with van der Waals surface area (Å²) in [5, 5.41) is 3.38. The van der Waals surface area contributed by atoms with Crippen molar-refractivity contribution in [1.82, 2.24) is 4.98 Å². The lowest BCUT2D eigenvalue weighted by Gasteiger charge is -2.07. The number of nitrogens with two attached hydrogens (primary N) is 1. The first kappa shape index (κ1) is 19.2. The number of nitrogens with one attached hydrogen (secondary N) is 1. The summed E-state index contributed by atoms with van der Waals surface area (Å²) in [6.45, 7) is 1.73. The fourth-order valence-electron chi connectivity index (χ4n) is 3.25. The van der Waals surface area contributed by atoms with E-state index < -0.39 is 0 Å². The molecule has 142 valence electrons. The van der Waals surface area contributed by atoms with E-state index in [9.17, 15) is 9.59 Å². The number of carbonyl (C=O) groups is 2. The number of hydrogen-bond donors (Lipinski definition) is 2. The lowest BCUT2D eigenvalue weighted by molar-refractivity contribution is -0.118. The monoisotopic (exact) mass is 384 g/mol. The molecule has 27 heavy (non-hydrogen) atoms. The Hall–Kier alpha value is -2.54. The predicted molar refractivity (Wildman–Crippen MR) is 109 cm³/mol. The molecule has 0 aliphatic heterocycles. The van der Waals surface area contributed by atoms with Crippen molar-refractivity contribution in [1.29, 1.82) is 0 Å². The van der Waals surface area contributed by atoms with Crippen LogP contribution in [0.15, 0.2) is 35.3 Å². The normalized spacial score (nSPS) is 15.1. The molecule has 0 saturated heterocycles. The molecule has 2 amide bonds. The standard InChI is InChI=1S/C20H24N4O2S/c1-2-15(25)22-19(21)18-17(14-10-4-3-5-11-14)24-20(27-18)23-16(26)12-13-8-6-7-9-13/h3-5,10-11,13H,2,6-9,12H2,1H3,(H2,21,22,25)(H,23,24,26). The zero-order valence-corrected chi connectivity index (χ0v) is 16.2. The fourth-order valence-corrected chi connectivity index (χ4v) is 4.16. The van der Waals surface area contributed by atoms with E-state index >= 15 is 0 Å². The number of thiazole rings is 1. The zero-order chi connectivity index (χ0) is 19.2. The van der Waals surface area contributed by atoms with E-state index in [1.807, 2.05) is 30.3 Å². The summed E-state index contributed by atoms with van der Waals surface area (Å²) in [7, 11) is 0. The maximum atomic E-state index is 12.4. The number of carbonyl (C=O) groups excluding carboxylic acids is 2. The van der Waals surface area contributed by atoms with Gasteiger partial charge in [0.05, 0.1) is 10.6 Å². The lowest BCUT2D eigenvalue weighted by Crippen LogP contribution is -2.15. The van der Waals surface area contributed by atoms with E-state index in [2.05, 4.69) is 15.3 Å². The van der Waals surface area contributed by atoms with Gasteiger partial charge in [0.25, 0.3) is 0 Å². The molecule has 0 radical (unpaired) electrons. The van der Waals surface area contributed by atoms with Gasteiger partial charge in [-0.05, 0) is 18.8 Å². The Morgan fingerprint density at radius 2 is 1.96 bits per heavy atom. The molecule has 3 rings (SSSR count). The molecule has 3 N–H and O–H groups in total. The summed E-state index contributed by atoms with van der Waals surface area (Å²) < 4.78 is 0. The first-order valence-electron chi connectivity index (χ1n) is 9.30. The summed E-state index contributed by atoms with van der Waals surface area (Å²) in [5.74, 6) is 0.287. The summed E-state index contributed by atoms with van der Waals surface area (Å²) in [5.41, 5.74) is 7.56. The van der Waals surface area contributed by atoms with E-state index in [1.54, 1.807) is 6.92 Å². The second-order valence-electron chi connectivity index (χ2n) is 6.71. The highest BCUT2D eigenvalue weighted by atomic mass is 32.1. The van der Waals surface area contributed by atoms with Crippen LogP contribution in [0.3, 0.4) is 0 Å². The van der Waals surface area contributed by atoms with Gasteiger partial charge in [0.2, 0.25) is 11.8 Å². The molecule has 0 atom stereocenters. The Kier molecular flexibility index (Phi) is 6.34. The van der Waals surface area contributed by atoms with Gasteiger partial charge in [-0.1, -0.05) is 61.4 Å². The summed E-state index contributed by atoms with van der Waals surface area (Å²) in [6, 6.07) is 9.55. The maximum absolute atomic E-state index is 12.4. The van der Waals surface area contributed by atoms with E-state index in [-0.39, 0.29) is 24.1 Å². The van der Waals surface area contributed by atoms with Crippen LogP contribution >= 0.6 is 11.3 Å². The van der Waals surface area contributed by atoms with Crippen molar-refractivity contribution in [3.8, 4) is 11.3 Å². The van der Waals surface area contributed by atoms with Gasteiger partial charge in [-0.2, -0.15) is 4.99 Å². The van der Waals surface area contributed by atoms with Crippen LogP contribution in [0, 0.1) is 5.92 Å². The third-order valence-corrected chi connectivity index (χ3v) is 5.64. The van der Waals surface area contributed by atoms with Crippen LogP contribution in [0.2, 0.25) is 0 Å². The second kappa shape index (κ2) is 8.90. The molecule has 1 heterocycles. The smallest absolute Gasteiger partial charge is 0.247 e. The average molecular weight is 385 g/mol. The molecule has 1 aliphatic rings. The van der Waals surface area contributed by atoms with Gasteiger partial charge in [0, 0.05) is 18.4 Å². The largest absolute Gasteiger partial charge is 0.382 e. The minimum Gasteiger partial charge on any atom is -0.382 e. The van der Waals surface area contributed by atoms with Crippen LogP contribution in [0.4, 0.5) is 5.13 Å². The Labute approximate surface area is 162 Å². The molecular weight excluding hydrogens is 360 g/mol. The predicted octanol–water partition coefficient (Wildman–Crippen LogP) is 3.97. The molecule has 0 bridgehead atoms. The first-order chi connectivity index (χ1) is 13.1. The summed E-state index contributed by atoms with van der Waals surface area (Å²) >= 11 is 1.25. The van der Waals surface area contributed by atoms with Gasteiger partial charge in [-0.15, -0.1) is 0 Å². The number of benzene rings is 1. The highest BCUT2D eigenvalue weighted by Crippen LogP contribution is 2.32. The molecule has 1 aliphatic carbocycles. The number of anilines is 1. The van der Waals surface area contributed by atoms with Crippen LogP contribution < -0.4 is 11.1 Å². The Morgan fingerprint density at radius 1 is 1.26 bits per heavy atom. The SMILES string of the molecule is CCC(=O)N=C(N)c1sc(NC(=O)CC2CCCC2)nc1-c1ccccc1. The number of aromatic nitrogens is 1. The highest BCUT2D eigenvalue weighted by Gasteiger charge is 2.21. The number of amides is 2. The Balaban J connectivity index is 1.86. The lowest BCUT2D eigenvalue weighted by atomic mass is 10.0. The van der Waals surface area contributed by atoms with Crippen molar-refractivity contribution in [3.05, 3.63) is 35.2 Å². The van der Waals surface area contributed by atoms with Crippen molar-refractivity contribution in [2.24, 2.45) is 16.6 Å². The quantitative estimate of drug-likeness (QED) is 0.581. The van der Waals surface area contributed by atoms with Gasteiger partial charge >= 0.3 is 0 Å².